The van der Waals surface area contributed by atoms with Gasteiger partial charge < -0.3 is 10.2 Å². The highest BCUT2D eigenvalue weighted by atomic mass is 32.2. The molecule has 0 saturated heterocycles. The molecular formula is C31H39N3O4S. The lowest BCUT2D eigenvalue weighted by molar-refractivity contribution is -0.139. The van der Waals surface area contributed by atoms with Gasteiger partial charge in [0, 0.05) is 12.6 Å². The molecule has 0 aliphatic rings. The molecule has 0 heterocycles. The zero-order valence-corrected chi connectivity index (χ0v) is 24.2. The van der Waals surface area contributed by atoms with Gasteiger partial charge in [-0.1, -0.05) is 72.6 Å². The van der Waals surface area contributed by atoms with Gasteiger partial charge in [-0.2, -0.15) is 0 Å². The lowest BCUT2D eigenvalue weighted by atomic mass is 10.1. The van der Waals surface area contributed by atoms with Crippen molar-refractivity contribution in [2.75, 3.05) is 17.4 Å². The molecule has 0 aromatic heterocycles. The Hall–Kier alpha value is -3.65. The fourth-order valence-electron chi connectivity index (χ4n) is 4.35. The Morgan fingerprint density at radius 1 is 0.846 bits per heavy atom. The molecule has 0 fully saturated rings. The first kappa shape index (κ1) is 29.9. The number of hydrogen-bond acceptors (Lipinski definition) is 4. The van der Waals surface area contributed by atoms with Crippen molar-refractivity contribution < 1.29 is 18.0 Å². The average molecular weight is 550 g/mol. The summed E-state index contributed by atoms with van der Waals surface area (Å²) in [5.74, 6) is -0.690. The SMILES string of the molecule is CCC(C(=O)NC(C)C)N(CCc1ccccc1)C(=O)CN(c1ccc(C)cc1)S(=O)(=O)c1ccc(C)cc1. The molecule has 208 valence electrons. The van der Waals surface area contributed by atoms with E-state index in [2.05, 4.69) is 5.32 Å². The Bertz CT molecular complexity index is 1340. The van der Waals surface area contributed by atoms with Crippen molar-refractivity contribution in [3.8, 4) is 0 Å². The maximum absolute atomic E-state index is 14.0. The Morgan fingerprint density at radius 2 is 1.41 bits per heavy atom. The number of sulfonamides is 1. The van der Waals surface area contributed by atoms with Crippen molar-refractivity contribution in [1.29, 1.82) is 0 Å². The smallest absolute Gasteiger partial charge is 0.264 e. The Labute approximate surface area is 232 Å². The van der Waals surface area contributed by atoms with Gasteiger partial charge in [0.2, 0.25) is 11.8 Å². The molecule has 2 amide bonds. The van der Waals surface area contributed by atoms with Crippen molar-refractivity contribution in [1.82, 2.24) is 10.2 Å². The van der Waals surface area contributed by atoms with Crippen LogP contribution in [-0.4, -0.2) is 50.3 Å². The van der Waals surface area contributed by atoms with Crippen LogP contribution in [0, 0.1) is 13.8 Å². The molecule has 3 aromatic carbocycles. The second kappa shape index (κ2) is 13.4. The summed E-state index contributed by atoms with van der Waals surface area (Å²) >= 11 is 0. The Kier molecular flexibility index (Phi) is 10.3. The third-order valence-electron chi connectivity index (χ3n) is 6.51. The van der Waals surface area contributed by atoms with Crippen LogP contribution >= 0.6 is 0 Å². The van der Waals surface area contributed by atoms with Crippen LogP contribution in [0.2, 0.25) is 0 Å². The molecule has 7 nitrogen and oxygen atoms in total. The number of rotatable bonds is 12. The van der Waals surface area contributed by atoms with Crippen molar-refractivity contribution in [3.05, 3.63) is 95.6 Å². The van der Waals surface area contributed by atoms with Crippen molar-refractivity contribution >= 4 is 27.5 Å². The maximum Gasteiger partial charge on any atom is 0.264 e. The van der Waals surface area contributed by atoms with Gasteiger partial charge in [-0.15, -0.1) is 0 Å². The number of carbonyl (C=O) groups excluding carboxylic acids is 2. The van der Waals surface area contributed by atoms with E-state index in [1.807, 2.05) is 77.1 Å². The van der Waals surface area contributed by atoms with E-state index in [0.29, 0.717) is 18.5 Å². The van der Waals surface area contributed by atoms with Gasteiger partial charge in [-0.3, -0.25) is 13.9 Å². The first-order valence-electron chi connectivity index (χ1n) is 13.3. The largest absolute Gasteiger partial charge is 0.352 e. The third-order valence-corrected chi connectivity index (χ3v) is 8.30. The van der Waals surface area contributed by atoms with E-state index in [4.69, 9.17) is 0 Å². The molecule has 39 heavy (non-hydrogen) atoms. The standard InChI is InChI=1S/C31H39N3O4S/c1-6-29(31(36)32-23(2)3)33(21-20-26-10-8-7-9-11-26)30(35)22-34(27-16-12-24(4)13-17-27)39(37,38)28-18-14-25(5)15-19-28/h7-19,23,29H,6,20-22H2,1-5H3,(H,32,36). The normalized spacial score (nSPS) is 12.2. The second-order valence-electron chi connectivity index (χ2n) is 10.1. The fourth-order valence-corrected chi connectivity index (χ4v) is 5.77. The number of hydrogen-bond donors (Lipinski definition) is 1. The summed E-state index contributed by atoms with van der Waals surface area (Å²) in [6.07, 6.45) is 0.932. The molecule has 1 N–H and O–H groups in total. The minimum Gasteiger partial charge on any atom is -0.352 e. The van der Waals surface area contributed by atoms with Crippen LogP contribution in [0.1, 0.15) is 43.9 Å². The monoisotopic (exact) mass is 549 g/mol. The molecule has 1 unspecified atom stereocenters. The fraction of sp³-hybridized carbons (Fsp3) is 0.355. The summed E-state index contributed by atoms with van der Waals surface area (Å²) in [6, 6.07) is 22.5. The van der Waals surface area contributed by atoms with Crippen LogP contribution < -0.4 is 9.62 Å². The summed E-state index contributed by atoms with van der Waals surface area (Å²) in [5.41, 5.74) is 3.31. The van der Waals surface area contributed by atoms with Crippen LogP contribution in [0.3, 0.4) is 0 Å². The van der Waals surface area contributed by atoms with E-state index in [0.717, 1.165) is 21.0 Å². The van der Waals surface area contributed by atoms with Gasteiger partial charge in [-0.25, -0.2) is 8.42 Å². The molecule has 0 radical (unpaired) electrons. The zero-order valence-electron chi connectivity index (χ0n) is 23.4. The average Bonchev–Trinajstić information content (AvgIpc) is 2.90. The predicted octanol–water partition coefficient (Wildman–Crippen LogP) is 4.87. The number of anilines is 1. The van der Waals surface area contributed by atoms with Crippen molar-refractivity contribution in [2.24, 2.45) is 0 Å². The molecule has 3 aromatic rings. The van der Waals surface area contributed by atoms with Crippen LogP contribution in [0.15, 0.2) is 83.8 Å². The maximum atomic E-state index is 14.0. The summed E-state index contributed by atoms with van der Waals surface area (Å²) in [6.45, 7) is 9.24. The number of aryl methyl sites for hydroxylation is 2. The third kappa shape index (κ3) is 7.93. The molecule has 0 aliphatic heterocycles. The van der Waals surface area contributed by atoms with E-state index in [-0.39, 0.29) is 23.4 Å². The lowest BCUT2D eigenvalue weighted by Gasteiger charge is -2.33. The molecule has 3 rings (SSSR count). The van der Waals surface area contributed by atoms with Crippen molar-refractivity contribution in [2.45, 2.75) is 64.4 Å². The first-order chi connectivity index (χ1) is 18.5. The summed E-state index contributed by atoms with van der Waals surface area (Å²) in [4.78, 5) is 28.7. The molecule has 0 saturated carbocycles. The topological polar surface area (TPSA) is 86.8 Å². The quantitative estimate of drug-likeness (QED) is 0.349. The lowest BCUT2D eigenvalue weighted by Crippen LogP contribution is -2.54. The van der Waals surface area contributed by atoms with Crippen LogP contribution in [0.5, 0.6) is 0 Å². The summed E-state index contributed by atoms with van der Waals surface area (Å²) < 4.78 is 28.9. The Morgan fingerprint density at radius 3 is 1.95 bits per heavy atom. The predicted molar refractivity (Wildman–Crippen MR) is 156 cm³/mol. The highest BCUT2D eigenvalue weighted by Gasteiger charge is 2.33. The zero-order chi connectivity index (χ0) is 28.6. The highest BCUT2D eigenvalue weighted by molar-refractivity contribution is 7.92. The van der Waals surface area contributed by atoms with Gasteiger partial charge >= 0.3 is 0 Å². The van der Waals surface area contributed by atoms with Gasteiger partial charge in [0.25, 0.3) is 10.0 Å². The number of nitrogens with zero attached hydrogens (tertiary/aromatic N) is 2. The summed E-state index contributed by atoms with van der Waals surface area (Å²) in [7, 11) is -4.07. The van der Waals surface area contributed by atoms with Crippen molar-refractivity contribution in [3.63, 3.8) is 0 Å². The number of benzene rings is 3. The van der Waals surface area contributed by atoms with E-state index in [9.17, 15) is 18.0 Å². The highest BCUT2D eigenvalue weighted by Crippen LogP contribution is 2.25. The van der Waals surface area contributed by atoms with Crippen LogP contribution in [0.4, 0.5) is 5.69 Å². The van der Waals surface area contributed by atoms with Gasteiger partial charge in [0.1, 0.15) is 12.6 Å². The van der Waals surface area contributed by atoms with Crippen LogP contribution in [-0.2, 0) is 26.0 Å². The van der Waals surface area contributed by atoms with E-state index >= 15 is 0 Å². The number of amides is 2. The number of nitrogens with one attached hydrogen (secondary N) is 1. The molecule has 0 bridgehead atoms. The molecular weight excluding hydrogens is 510 g/mol. The van der Waals surface area contributed by atoms with Gasteiger partial charge in [0.15, 0.2) is 0 Å². The Balaban J connectivity index is 2.00. The number of carbonyl (C=O) groups is 2. The van der Waals surface area contributed by atoms with Gasteiger partial charge in [0.05, 0.1) is 10.6 Å². The molecule has 1 atom stereocenters. The minimum absolute atomic E-state index is 0.0939. The van der Waals surface area contributed by atoms with E-state index < -0.39 is 28.5 Å². The molecule has 0 aliphatic carbocycles. The van der Waals surface area contributed by atoms with E-state index in [1.54, 1.807) is 36.4 Å². The first-order valence-corrected chi connectivity index (χ1v) is 14.8. The van der Waals surface area contributed by atoms with E-state index in [1.165, 1.54) is 4.90 Å². The molecule has 0 spiro atoms. The second-order valence-corrected chi connectivity index (χ2v) is 11.9. The molecule has 8 heteroatoms. The minimum atomic E-state index is -4.07. The van der Waals surface area contributed by atoms with Crippen LogP contribution in [0.25, 0.3) is 0 Å². The summed E-state index contributed by atoms with van der Waals surface area (Å²) in [5, 5.41) is 2.92. The van der Waals surface area contributed by atoms with Gasteiger partial charge in [-0.05, 0) is 70.4 Å².